The van der Waals surface area contributed by atoms with Gasteiger partial charge in [0.15, 0.2) is 17.0 Å². The van der Waals surface area contributed by atoms with Gasteiger partial charge in [-0.3, -0.25) is 4.79 Å². The third-order valence-corrected chi connectivity index (χ3v) is 8.23. The molecule has 5 rings (SSSR count). The minimum Gasteiger partial charge on any atom is -0.462 e. The SMILES string of the molecule is CCOC(=O)c1c(NC(=O)c2nn3c(C(F)(F)F)cc(-c4ccccc4)nc3c2Br)sc2c1CC[C@@H](C)C2. The van der Waals surface area contributed by atoms with Gasteiger partial charge >= 0.3 is 12.1 Å². The van der Waals surface area contributed by atoms with E-state index in [4.69, 9.17) is 4.74 Å². The number of aromatic nitrogens is 3. The smallest absolute Gasteiger partial charge is 0.433 e. The van der Waals surface area contributed by atoms with Gasteiger partial charge in [-0.1, -0.05) is 37.3 Å². The zero-order chi connectivity index (χ0) is 27.2. The van der Waals surface area contributed by atoms with Crippen LogP contribution in [0.3, 0.4) is 0 Å². The second-order valence-corrected chi connectivity index (χ2v) is 10.9. The number of esters is 1. The maximum Gasteiger partial charge on any atom is 0.433 e. The summed E-state index contributed by atoms with van der Waals surface area (Å²) in [4.78, 5) is 31.5. The van der Waals surface area contributed by atoms with Crippen LogP contribution in [0.4, 0.5) is 18.2 Å². The number of carbonyl (C=O) groups excluding carboxylic acids is 2. The van der Waals surface area contributed by atoms with Crippen LogP contribution in [0, 0.1) is 5.92 Å². The standard InChI is InChI=1S/C26H22BrF3N4O3S/c1-3-37-25(36)19-15-10-9-13(2)11-17(15)38-24(19)32-23(35)21-20(27)22-31-16(14-7-5-4-6-8-14)12-18(26(28,29)30)34(22)33-21/h4-8,12-13H,3,9-11H2,1-2H3,(H,32,35)/t13-/m1/s1. The molecule has 7 nitrogen and oxygen atoms in total. The molecule has 4 aromatic rings. The number of fused-ring (bicyclic) bond motifs is 2. The summed E-state index contributed by atoms with van der Waals surface area (Å²) in [6, 6.07) is 9.33. The summed E-state index contributed by atoms with van der Waals surface area (Å²) in [6.07, 6.45) is -2.42. The molecule has 1 N–H and O–H groups in total. The van der Waals surface area contributed by atoms with Crippen molar-refractivity contribution in [1.29, 1.82) is 0 Å². The number of hydrogen-bond donors (Lipinski definition) is 1. The molecule has 12 heteroatoms. The van der Waals surface area contributed by atoms with Crippen LogP contribution in [-0.2, 0) is 23.8 Å². The Morgan fingerprint density at radius 1 is 1.26 bits per heavy atom. The Bertz CT molecular complexity index is 1550. The molecule has 0 saturated carbocycles. The van der Waals surface area contributed by atoms with Crippen LogP contribution in [0.25, 0.3) is 16.9 Å². The van der Waals surface area contributed by atoms with Crippen LogP contribution in [-0.4, -0.2) is 33.1 Å². The molecule has 1 aliphatic rings. The molecule has 38 heavy (non-hydrogen) atoms. The number of rotatable bonds is 5. The van der Waals surface area contributed by atoms with Gasteiger partial charge in [-0.25, -0.2) is 14.3 Å². The first-order valence-corrected chi connectivity index (χ1v) is 13.5. The third kappa shape index (κ3) is 4.82. The lowest BCUT2D eigenvalue weighted by Crippen LogP contribution is -2.18. The van der Waals surface area contributed by atoms with E-state index in [1.165, 1.54) is 11.3 Å². The highest BCUT2D eigenvalue weighted by Crippen LogP contribution is 2.41. The first-order valence-electron chi connectivity index (χ1n) is 11.9. The number of nitrogens with zero attached hydrogens (tertiary/aromatic N) is 3. The van der Waals surface area contributed by atoms with Crippen LogP contribution in [0.1, 0.15) is 57.2 Å². The Balaban J connectivity index is 1.59. The number of halogens is 4. The number of nitrogens with one attached hydrogen (secondary N) is 1. The van der Waals surface area contributed by atoms with Gasteiger partial charge in [-0.15, -0.1) is 11.3 Å². The van der Waals surface area contributed by atoms with Gasteiger partial charge in [0.25, 0.3) is 5.91 Å². The minimum absolute atomic E-state index is 0.00547. The lowest BCUT2D eigenvalue weighted by molar-refractivity contribution is -0.142. The minimum atomic E-state index is -4.76. The van der Waals surface area contributed by atoms with Crippen LogP contribution >= 0.6 is 27.3 Å². The molecule has 0 bridgehead atoms. The number of carbonyl (C=O) groups is 2. The van der Waals surface area contributed by atoms with Crippen LogP contribution in [0.5, 0.6) is 0 Å². The van der Waals surface area contributed by atoms with E-state index in [0.717, 1.165) is 29.3 Å². The average Bonchev–Trinajstić information content (AvgIpc) is 3.40. The fourth-order valence-electron chi connectivity index (χ4n) is 4.52. The molecule has 198 valence electrons. The molecular formula is C26H22BrF3N4O3S. The van der Waals surface area contributed by atoms with Crippen molar-refractivity contribution < 1.29 is 27.5 Å². The van der Waals surface area contributed by atoms with Crippen molar-refractivity contribution in [1.82, 2.24) is 14.6 Å². The summed E-state index contributed by atoms with van der Waals surface area (Å²) < 4.78 is 47.9. The fraction of sp³-hybridized carbons (Fsp3) is 0.308. The van der Waals surface area contributed by atoms with Gasteiger partial charge in [-0.2, -0.15) is 18.3 Å². The zero-order valence-electron chi connectivity index (χ0n) is 20.4. The third-order valence-electron chi connectivity index (χ3n) is 6.33. The molecule has 1 aliphatic carbocycles. The fourth-order valence-corrected chi connectivity index (χ4v) is 6.43. The molecule has 0 radical (unpaired) electrons. The van der Waals surface area contributed by atoms with Gasteiger partial charge in [0.05, 0.1) is 22.3 Å². The molecular weight excluding hydrogens is 585 g/mol. The van der Waals surface area contributed by atoms with Gasteiger partial charge < -0.3 is 10.1 Å². The number of ether oxygens (including phenoxy) is 1. The predicted molar refractivity (Wildman–Crippen MR) is 141 cm³/mol. The summed E-state index contributed by atoms with van der Waals surface area (Å²) >= 11 is 4.53. The molecule has 0 saturated heterocycles. The van der Waals surface area contributed by atoms with Crippen molar-refractivity contribution >= 4 is 49.8 Å². The largest absolute Gasteiger partial charge is 0.462 e. The Morgan fingerprint density at radius 2 is 2.00 bits per heavy atom. The summed E-state index contributed by atoms with van der Waals surface area (Å²) in [5.41, 5.74) is 0.196. The average molecular weight is 607 g/mol. The van der Waals surface area contributed by atoms with Crippen molar-refractivity contribution in [3.63, 3.8) is 0 Å². The molecule has 1 amide bonds. The van der Waals surface area contributed by atoms with Crippen molar-refractivity contribution in [3.05, 3.63) is 68.3 Å². The van der Waals surface area contributed by atoms with E-state index < -0.39 is 23.7 Å². The predicted octanol–water partition coefficient (Wildman–Crippen LogP) is 6.79. The first-order chi connectivity index (χ1) is 18.1. The molecule has 1 atom stereocenters. The van der Waals surface area contributed by atoms with E-state index in [9.17, 15) is 22.8 Å². The maximum absolute atomic E-state index is 14.0. The van der Waals surface area contributed by atoms with Crippen LogP contribution in [0.15, 0.2) is 40.9 Å². The van der Waals surface area contributed by atoms with Crippen LogP contribution in [0.2, 0.25) is 0 Å². The van der Waals surface area contributed by atoms with Gasteiger partial charge in [0.2, 0.25) is 0 Å². The molecule has 3 heterocycles. The second-order valence-electron chi connectivity index (χ2n) is 9.02. The highest BCUT2D eigenvalue weighted by Gasteiger charge is 2.37. The number of benzene rings is 1. The number of amides is 1. The van der Waals surface area contributed by atoms with E-state index in [2.05, 4.69) is 38.3 Å². The van der Waals surface area contributed by atoms with Gasteiger partial charge in [0.1, 0.15) is 5.00 Å². The number of anilines is 1. The normalized spacial score (nSPS) is 15.4. The van der Waals surface area contributed by atoms with E-state index in [1.807, 2.05) is 0 Å². The molecule has 0 spiro atoms. The van der Waals surface area contributed by atoms with Crippen molar-refractivity contribution in [2.45, 2.75) is 39.3 Å². The van der Waals surface area contributed by atoms with Crippen LogP contribution < -0.4 is 5.32 Å². The van der Waals surface area contributed by atoms with Gasteiger partial charge in [-0.05, 0) is 59.7 Å². The summed E-state index contributed by atoms with van der Waals surface area (Å²) in [5, 5.41) is 6.98. The molecule has 0 aliphatic heterocycles. The van der Waals surface area contributed by atoms with Gasteiger partial charge in [0, 0.05) is 10.4 Å². The number of alkyl halides is 3. The lowest BCUT2D eigenvalue weighted by Gasteiger charge is -2.18. The monoisotopic (exact) mass is 606 g/mol. The Hall–Kier alpha value is -3.25. The van der Waals surface area contributed by atoms with E-state index in [0.29, 0.717) is 33.0 Å². The quantitative estimate of drug-likeness (QED) is 0.253. The highest BCUT2D eigenvalue weighted by molar-refractivity contribution is 9.10. The topological polar surface area (TPSA) is 85.6 Å². The van der Waals surface area contributed by atoms with Crippen molar-refractivity contribution in [2.24, 2.45) is 5.92 Å². The van der Waals surface area contributed by atoms with Crippen molar-refractivity contribution in [2.75, 3.05) is 11.9 Å². The Labute approximate surface area is 228 Å². The van der Waals surface area contributed by atoms with E-state index in [-0.39, 0.29) is 28.1 Å². The zero-order valence-corrected chi connectivity index (χ0v) is 22.8. The maximum atomic E-state index is 14.0. The first kappa shape index (κ1) is 26.4. The molecule has 0 unspecified atom stereocenters. The molecule has 3 aromatic heterocycles. The Morgan fingerprint density at radius 3 is 2.68 bits per heavy atom. The number of thiophene rings is 1. The Kier molecular flexibility index (Phi) is 7.03. The molecule has 1 aromatic carbocycles. The summed E-state index contributed by atoms with van der Waals surface area (Å²) in [6.45, 7) is 3.98. The summed E-state index contributed by atoms with van der Waals surface area (Å²) in [5.74, 6) is -0.885. The second kappa shape index (κ2) is 10.1. The van der Waals surface area contributed by atoms with E-state index >= 15 is 0 Å². The van der Waals surface area contributed by atoms with E-state index in [1.54, 1.807) is 37.3 Å². The lowest BCUT2D eigenvalue weighted by atomic mass is 9.88. The van der Waals surface area contributed by atoms with Crippen molar-refractivity contribution in [3.8, 4) is 11.3 Å². The highest BCUT2D eigenvalue weighted by atomic mass is 79.9. The summed E-state index contributed by atoms with van der Waals surface area (Å²) in [7, 11) is 0. The molecule has 0 fully saturated rings. The number of hydrogen-bond acceptors (Lipinski definition) is 6.